The first-order valence-electron chi connectivity index (χ1n) is 22.4. The number of benzene rings is 7. The fourth-order valence-electron chi connectivity index (χ4n) is 12.9. The minimum atomic E-state index is -0.424. The molecule has 0 saturated carbocycles. The van der Waals surface area contributed by atoms with Crippen LogP contribution in [0.25, 0.3) is 38.6 Å². The molecule has 14 rings (SSSR count). The van der Waals surface area contributed by atoms with E-state index in [1.165, 1.54) is 99.5 Å². The van der Waals surface area contributed by atoms with Gasteiger partial charge in [0.25, 0.3) is 0 Å². The van der Waals surface area contributed by atoms with E-state index in [1.54, 1.807) is 0 Å². The number of nitrogens with zero attached hydrogens (tertiary/aromatic N) is 2. The van der Waals surface area contributed by atoms with Crippen molar-refractivity contribution < 1.29 is 0 Å². The molecule has 2 nitrogen and oxygen atoms in total. The molecule has 1 spiro atoms. The third kappa shape index (κ3) is 4.42. The predicted octanol–water partition coefficient (Wildman–Crippen LogP) is 14.9. The Labute approximate surface area is 367 Å². The molecule has 0 fully saturated rings. The van der Waals surface area contributed by atoms with Gasteiger partial charge in [-0.05, 0) is 112 Å². The lowest BCUT2D eigenvalue weighted by Crippen LogP contribution is -2.54. The van der Waals surface area contributed by atoms with E-state index in [0.717, 1.165) is 19.3 Å². The summed E-state index contributed by atoms with van der Waals surface area (Å²) < 4.78 is 2.57. The first kappa shape index (κ1) is 35.1. The molecule has 0 amide bonds. The normalized spacial score (nSPS) is 24.4. The number of allylic oxidation sites excluding steroid dienone is 7. The van der Waals surface area contributed by atoms with Crippen molar-refractivity contribution in [2.24, 2.45) is 5.41 Å². The van der Waals surface area contributed by atoms with Crippen molar-refractivity contribution in [2.75, 3.05) is 4.90 Å². The summed E-state index contributed by atoms with van der Waals surface area (Å²) in [5.41, 5.74) is 20.0. The number of anilines is 2. The van der Waals surface area contributed by atoms with Crippen LogP contribution < -0.4 is 4.90 Å². The van der Waals surface area contributed by atoms with Gasteiger partial charge in [0.1, 0.15) is 0 Å². The van der Waals surface area contributed by atoms with Crippen LogP contribution in [0.4, 0.5) is 11.4 Å². The third-order valence-corrected chi connectivity index (χ3v) is 17.1. The fourth-order valence-corrected chi connectivity index (χ4v) is 14.4. The maximum absolute atomic E-state index is 2.68. The number of hydrogen-bond acceptors (Lipinski definition) is 2. The van der Waals surface area contributed by atoms with Gasteiger partial charge in [0.2, 0.25) is 0 Å². The minimum Gasteiger partial charge on any atom is -0.313 e. The van der Waals surface area contributed by atoms with Crippen LogP contribution in [-0.4, -0.2) is 9.82 Å². The van der Waals surface area contributed by atoms with Crippen LogP contribution >= 0.6 is 11.8 Å². The molecule has 3 aliphatic carbocycles. The van der Waals surface area contributed by atoms with Crippen molar-refractivity contribution >= 4 is 44.9 Å². The van der Waals surface area contributed by atoms with Gasteiger partial charge in [-0.2, -0.15) is 0 Å². The summed E-state index contributed by atoms with van der Waals surface area (Å²) in [6, 6.07) is 58.6. The van der Waals surface area contributed by atoms with Crippen LogP contribution in [0.3, 0.4) is 0 Å². The largest absolute Gasteiger partial charge is 0.313 e. The van der Waals surface area contributed by atoms with Crippen LogP contribution in [0.2, 0.25) is 0 Å². The van der Waals surface area contributed by atoms with Crippen molar-refractivity contribution in [1.29, 1.82) is 0 Å². The molecule has 0 saturated heterocycles. The first-order valence-corrected chi connectivity index (χ1v) is 23.3. The molecule has 7 aromatic carbocycles. The van der Waals surface area contributed by atoms with Gasteiger partial charge in [0, 0.05) is 55.2 Å². The van der Waals surface area contributed by atoms with Crippen molar-refractivity contribution in [3.63, 3.8) is 0 Å². The number of aromatic nitrogens is 1. The number of fused-ring (bicyclic) bond motifs is 17. The highest BCUT2D eigenvalue weighted by atomic mass is 32.2. The van der Waals surface area contributed by atoms with Crippen molar-refractivity contribution in [2.45, 2.75) is 53.6 Å². The van der Waals surface area contributed by atoms with Crippen LogP contribution in [0.5, 0.6) is 0 Å². The number of thioether (sulfide) groups is 1. The van der Waals surface area contributed by atoms with Crippen LogP contribution in [0.1, 0.15) is 70.5 Å². The zero-order valence-corrected chi connectivity index (χ0v) is 35.4. The Morgan fingerprint density at radius 1 is 0.629 bits per heavy atom. The lowest BCUT2D eigenvalue weighted by Gasteiger charge is -2.57. The molecule has 1 aromatic heterocycles. The van der Waals surface area contributed by atoms with Gasteiger partial charge in [0.15, 0.2) is 0 Å². The average Bonchev–Trinajstić information content (AvgIpc) is 3.79. The van der Waals surface area contributed by atoms with E-state index in [-0.39, 0.29) is 16.6 Å². The van der Waals surface area contributed by atoms with E-state index >= 15 is 0 Å². The van der Waals surface area contributed by atoms with Crippen molar-refractivity contribution in [1.82, 2.24) is 4.57 Å². The fraction of sp³-hybridized carbons (Fsp3) is 0.153. The molecular weight excluding hydrogens is 769 g/mol. The molecule has 3 heteroatoms. The molecule has 6 aliphatic rings. The van der Waals surface area contributed by atoms with E-state index in [0.29, 0.717) is 5.92 Å². The topological polar surface area (TPSA) is 8.17 Å². The highest BCUT2D eigenvalue weighted by Crippen LogP contribution is 2.68. The third-order valence-electron chi connectivity index (χ3n) is 15.6. The second kappa shape index (κ2) is 12.8. The van der Waals surface area contributed by atoms with Gasteiger partial charge in [-0.3, -0.25) is 0 Å². The summed E-state index contributed by atoms with van der Waals surface area (Å²) in [7, 11) is 0. The van der Waals surface area contributed by atoms with Crippen LogP contribution in [0.15, 0.2) is 205 Å². The molecule has 5 unspecified atom stereocenters. The first-order chi connectivity index (χ1) is 30.6. The van der Waals surface area contributed by atoms with Gasteiger partial charge in [-0.1, -0.05) is 159 Å². The van der Waals surface area contributed by atoms with Crippen molar-refractivity contribution in [3.8, 4) is 16.8 Å². The lowest BCUT2D eigenvalue weighted by molar-refractivity contribution is 0.284. The van der Waals surface area contributed by atoms with Gasteiger partial charge >= 0.3 is 0 Å². The zero-order chi connectivity index (χ0) is 40.7. The van der Waals surface area contributed by atoms with Gasteiger partial charge < -0.3 is 9.47 Å². The average molecular weight is 813 g/mol. The minimum absolute atomic E-state index is 0.230. The smallest absolute Gasteiger partial charge is 0.0605 e. The Kier molecular flexibility index (Phi) is 7.22. The maximum atomic E-state index is 2.68. The van der Waals surface area contributed by atoms with E-state index in [1.807, 2.05) is 0 Å². The van der Waals surface area contributed by atoms with Gasteiger partial charge in [-0.15, -0.1) is 11.8 Å². The monoisotopic (exact) mass is 812 g/mol. The Morgan fingerprint density at radius 3 is 2.32 bits per heavy atom. The summed E-state index contributed by atoms with van der Waals surface area (Å²) in [5.74, 6) is 0.706. The lowest BCUT2D eigenvalue weighted by atomic mass is 9.50. The summed E-state index contributed by atoms with van der Waals surface area (Å²) in [6.45, 7) is 2.55. The van der Waals surface area contributed by atoms with E-state index in [2.05, 4.69) is 222 Å². The van der Waals surface area contributed by atoms with E-state index in [4.69, 9.17) is 0 Å². The van der Waals surface area contributed by atoms with Gasteiger partial charge in [-0.25, -0.2) is 0 Å². The van der Waals surface area contributed by atoms with Crippen LogP contribution in [0, 0.1) is 5.41 Å². The molecule has 62 heavy (non-hydrogen) atoms. The van der Waals surface area contributed by atoms with E-state index in [9.17, 15) is 0 Å². The molecule has 5 atom stereocenters. The molecule has 8 aromatic rings. The zero-order valence-electron chi connectivity index (χ0n) is 34.6. The SMILES string of the molecule is CC12C=CC=CC1Sc1cc3c(cc1C21c2ccccc2-n2c4ccccc4c4cccc1c42)CCC(c1ccc(N2C4=CC=CCC4c4ccccc42)cc1)c1ccccc1-3. The van der Waals surface area contributed by atoms with Gasteiger partial charge in [0.05, 0.1) is 22.1 Å². The standard InChI is InChI=1S/C59H44N2S/c1-58-34-13-12-27-56(58)62-55-36-47-38(35-50(55)59(58)48-21-7-11-26-54(48)61-53-25-10-6-19-45(53)46-20-14-22-49(59)57(46)61)30-33-40(41-15-2-3-16-42(41)47)37-28-31-39(32-29-37)60-51-23-8-4-17-43(51)44-18-5-9-24-52(44)60/h2-17,19-29,31-32,34-36,40,44,56H,18,30,33H2,1H3. The highest BCUT2D eigenvalue weighted by molar-refractivity contribution is 8.00. The molecule has 3 aliphatic heterocycles. The van der Waals surface area contributed by atoms with E-state index < -0.39 is 5.41 Å². The van der Waals surface area contributed by atoms with Crippen molar-refractivity contribution in [3.05, 3.63) is 239 Å². The predicted molar refractivity (Wildman–Crippen MR) is 258 cm³/mol. The molecule has 4 heterocycles. The summed E-state index contributed by atoms with van der Waals surface area (Å²) >= 11 is 2.07. The number of hydrogen-bond donors (Lipinski definition) is 0. The quantitative estimate of drug-likeness (QED) is 0.172. The molecular formula is C59H44N2S. The molecule has 296 valence electrons. The Balaban J connectivity index is 0.945. The second-order valence-corrected chi connectivity index (χ2v) is 19.5. The molecule has 0 radical (unpaired) electrons. The molecule has 0 bridgehead atoms. The summed E-state index contributed by atoms with van der Waals surface area (Å²) in [4.78, 5) is 3.89. The number of rotatable bonds is 2. The second-order valence-electron chi connectivity index (χ2n) is 18.4. The number of aryl methyl sites for hydroxylation is 1. The molecule has 0 N–H and O–H groups in total. The number of para-hydroxylation sites is 4. The summed E-state index contributed by atoms with van der Waals surface area (Å²) in [5, 5.41) is 2.90. The Hall–Kier alpha value is -6.55. The maximum Gasteiger partial charge on any atom is 0.0605 e. The highest BCUT2D eigenvalue weighted by Gasteiger charge is 2.61. The Morgan fingerprint density at radius 2 is 1.40 bits per heavy atom. The van der Waals surface area contributed by atoms with Crippen LogP contribution in [-0.2, 0) is 11.8 Å². The summed E-state index contributed by atoms with van der Waals surface area (Å²) in [6.07, 6.45) is 19.6. The Bertz CT molecular complexity index is 3360.